The van der Waals surface area contributed by atoms with Gasteiger partial charge in [-0.2, -0.15) is 0 Å². The van der Waals surface area contributed by atoms with Crippen LogP contribution in [0.3, 0.4) is 0 Å². The van der Waals surface area contributed by atoms with Gasteiger partial charge < -0.3 is 5.32 Å². The first kappa shape index (κ1) is 16.4. The van der Waals surface area contributed by atoms with E-state index in [2.05, 4.69) is 73.6 Å². The zero-order valence-electron chi connectivity index (χ0n) is 10.4. The number of benzene rings is 1. The third-order valence-electron chi connectivity index (χ3n) is 2.67. The van der Waals surface area contributed by atoms with E-state index < -0.39 is 0 Å². The van der Waals surface area contributed by atoms with Gasteiger partial charge in [0.25, 0.3) is 5.91 Å². The molecule has 0 radical (unpaired) electrons. The van der Waals surface area contributed by atoms with E-state index in [9.17, 15) is 4.79 Å². The Balaban J connectivity index is 2.69. The van der Waals surface area contributed by atoms with Gasteiger partial charge in [0.2, 0.25) is 0 Å². The maximum atomic E-state index is 12.1. The number of carbonyl (C=O) groups is 1. The zero-order valence-corrected chi connectivity index (χ0v) is 15.7. The average molecular weight is 489 g/mol. The first-order valence-corrected chi connectivity index (χ1v) is 8.64. The Kier molecular flexibility index (Phi) is 6.61. The van der Waals surface area contributed by atoms with Crippen molar-refractivity contribution >= 4 is 60.4 Å². The lowest BCUT2D eigenvalue weighted by Crippen LogP contribution is -2.34. The van der Waals surface area contributed by atoms with Gasteiger partial charge in [0.1, 0.15) is 0 Å². The van der Waals surface area contributed by atoms with Gasteiger partial charge in [-0.05, 0) is 52.6 Å². The van der Waals surface area contributed by atoms with Crippen LogP contribution in [0.15, 0.2) is 22.7 Å². The van der Waals surface area contributed by atoms with Crippen LogP contribution in [0.1, 0.15) is 30.6 Å². The lowest BCUT2D eigenvalue weighted by Gasteiger charge is -2.24. The highest BCUT2D eigenvalue weighted by Gasteiger charge is 2.19. The van der Waals surface area contributed by atoms with Crippen molar-refractivity contribution in [2.24, 2.45) is 5.41 Å². The summed E-state index contributed by atoms with van der Waals surface area (Å²) >= 11 is 9.01. The normalized spacial score (nSPS) is 11.4. The molecular weight excluding hydrogens is 473 g/mol. The molecule has 1 amide bonds. The summed E-state index contributed by atoms with van der Waals surface area (Å²) in [4.78, 5) is 12.1. The second kappa shape index (κ2) is 7.24. The Morgan fingerprint density at radius 1 is 1.44 bits per heavy atom. The van der Waals surface area contributed by atoms with Crippen molar-refractivity contribution in [3.05, 3.63) is 31.8 Å². The molecule has 100 valence electrons. The number of hydrogen-bond acceptors (Lipinski definition) is 1. The Bertz CT molecular complexity index is 435. The minimum absolute atomic E-state index is 0.0108. The Morgan fingerprint density at radius 2 is 2.11 bits per heavy atom. The zero-order chi connectivity index (χ0) is 13.8. The summed E-state index contributed by atoms with van der Waals surface area (Å²) in [6.07, 6.45) is 1.03. The summed E-state index contributed by atoms with van der Waals surface area (Å²) in [5.74, 6) is -0.0108. The fourth-order valence-corrected chi connectivity index (χ4v) is 3.45. The molecule has 5 heteroatoms. The SMILES string of the molecule is CC(C)(CCBr)CNC(=O)c1cc(Br)ccc1I. The molecule has 0 saturated heterocycles. The van der Waals surface area contributed by atoms with E-state index >= 15 is 0 Å². The fourth-order valence-electron chi connectivity index (χ4n) is 1.43. The summed E-state index contributed by atoms with van der Waals surface area (Å²) in [7, 11) is 0. The number of alkyl halides is 1. The predicted octanol–water partition coefficient (Wildman–Crippen LogP) is 4.59. The van der Waals surface area contributed by atoms with Crippen molar-refractivity contribution in [2.75, 3.05) is 11.9 Å². The predicted molar refractivity (Wildman–Crippen MR) is 91.4 cm³/mol. The lowest BCUT2D eigenvalue weighted by molar-refractivity contribution is 0.0935. The van der Waals surface area contributed by atoms with Crippen LogP contribution in [0.5, 0.6) is 0 Å². The van der Waals surface area contributed by atoms with Crippen molar-refractivity contribution in [1.29, 1.82) is 0 Å². The van der Waals surface area contributed by atoms with Crippen LogP contribution in [0.4, 0.5) is 0 Å². The minimum atomic E-state index is -0.0108. The smallest absolute Gasteiger partial charge is 0.252 e. The summed E-state index contributed by atoms with van der Waals surface area (Å²) < 4.78 is 1.89. The number of hydrogen-bond donors (Lipinski definition) is 1. The van der Waals surface area contributed by atoms with Crippen molar-refractivity contribution in [2.45, 2.75) is 20.3 Å². The van der Waals surface area contributed by atoms with Crippen LogP contribution in [0.25, 0.3) is 0 Å². The van der Waals surface area contributed by atoms with Crippen LogP contribution >= 0.6 is 54.5 Å². The minimum Gasteiger partial charge on any atom is -0.351 e. The van der Waals surface area contributed by atoms with Gasteiger partial charge in [-0.3, -0.25) is 4.79 Å². The van der Waals surface area contributed by atoms with E-state index in [0.29, 0.717) is 6.54 Å². The largest absolute Gasteiger partial charge is 0.351 e. The van der Waals surface area contributed by atoms with Crippen LogP contribution in [-0.4, -0.2) is 17.8 Å². The molecule has 18 heavy (non-hydrogen) atoms. The summed E-state index contributed by atoms with van der Waals surface area (Å²) in [5, 5.41) is 3.96. The quantitative estimate of drug-likeness (QED) is 0.476. The first-order chi connectivity index (χ1) is 8.35. The highest BCUT2D eigenvalue weighted by atomic mass is 127. The number of amides is 1. The van der Waals surface area contributed by atoms with Crippen LogP contribution in [-0.2, 0) is 0 Å². The highest BCUT2D eigenvalue weighted by Crippen LogP contribution is 2.21. The molecule has 0 aliphatic heterocycles. The van der Waals surface area contributed by atoms with E-state index in [4.69, 9.17) is 0 Å². The monoisotopic (exact) mass is 487 g/mol. The number of rotatable bonds is 5. The first-order valence-electron chi connectivity index (χ1n) is 5.65. The standard InChI is InChI=1S/C13H16Br2INO/c1-13(2,5-6-14)8-17-12(18)10-7-9(15)3-4-11(10)16/h3-4,7H,5-6,8H2,1-2H3,(H,17,18). The molecule has 0 unspecified atom stereocenters. The Hall–Kier alpha value is 0.380. The molecule has 1 N–H and O–H groups in total. The molecule has 0 aliphatic carbocycles. The van der Waals surface area contributed by atoms with Crippen molar-refractivity contribution in [1.82, 2.24) is 5.32 Å². The van der Waals surface area contributed by atoms with E-state index in [1.807, 2.05) is 18.2 Å². The molecule has 0 heterocycles. The number of nitrogens with one attached hydrogen (secondary N) is 1. The molecule has 0 spiro atoms. The summed E-state index contributed by atoms with van der Waals surface area (Å²) in [5.41, 5.74) is 0.830. The molecule has 0 fully saturated rings. The topological polar surface area (TPSA) is 29.1 Å². The van der Waals surface area contributed by atoms with Crippen molar-refractivity contribution < 1.29 is 4.79 Å². The summed E-state index contributed by atoms with van der Waals surface area (Å²) in [6.45, 7) is 4.99. The molecule has 0 aromatic heterocycles. The molecule has 2 nitrogen and oxygen atoms in total. The summed E-state index contributed by atoms with van der Waals surface area (Å²) in [6, 6.07) is 5.73. The van der Waals surface area contributed by atoms with Crippen molar-refractivity contribution in [3.63, 3.8) is 0 Å². The van der Waals surface area contributed by atoms with Gasteiger partial charge in [0, 0.05) is 19.9 Å². The third-order valence-corrected chi connectivity index (χ3v) is 4.50. The van der Waals surface area contributed by atoms with Crippen LogP contribution in [0.2, 0.25) is 0 Å². The fraction of sp³-hybridized carbons (Fsp3) is 0.462. The molecule has 0 saturated carbocycles. The average Bonchev–Trinajstić information content (AvgIpc) is 2.29. The van der Waals surface area contributed by atoms with E-state index in [1.165, 1.54) is 0 Å². The van der Waals surface area contributed by atoms with Gasteiger partial charge in [-0.15, -0.1) is 0 Å². The second-order valence-corrected chi connectivity index (χ2v) is 7.78. The molecule has 0 atom stereocenters. The highest BCUT2D eigenvalue weighted by molar-refractivity contribution is 14.1. The maximum absolute atomic E-state index is 12.1. The molecule has 1 rings (SSSR count). The molecule has 1 aromatic rings. The van der Waals surface area contributed by atoms with Crippen LogP contribution < -0.4 is 5.32 Å². The van der Waals surface area contributed by atoms with Crippen LogP contribution in [0, 0.1) is 8.99 Å². The maximum Gasteiger partial charge on any atom is 0.252 e. The van der Waals surface area contributed by atoms with Gasteiger partial charge in [-0.1, -0.05) is 45.7 Å². The lowest BCUT2D eigenvalue weighted by atomic mass is 9.90. The third kappa shape index (κ3) is 5.17. The molecule has 0 aliphatic rings. The van der Waals surface area contributed by atoms with Gasteiger partial charge in [-0.25, -0.2) is 0 Å². The Labute approximate surface area is 139 Å². The molecular formula is C13H16Br2INO. The van der Waals surface area contributed by atoms with E-state index in [0.717, 1.165) is 25.4 Å². The number of halogens is 3. The molecule has 0 bridgehead atoms. The van der Waals surface area contributed by atoms with E-state index in [-0.39, 0.29) is 11.3 Å². The van der Waals surface area contributed by atoms with Gasteiger partial charge in [0.05, 0.1) is 5.56 Å². The second-order valence-electron chi connectivity index (χ2n) is 4.91. The molecule has 1 aromatic carbocycles. The van der Waals surface area contributed by atoms with Gasteiger partial charge in [0.15, 0.2) is 0 Å². The Morgan fingerprint density at radius 3 is 2.72 bits per heavy atom. The van der Waals surface area contributed by atoms with Crippen molar-refractivity contribution in [3.8, 4) is 0 Å². The van der Waals surface area contributed by atoms with Gasteiger partial charge >= 0.3 is 0 Å². The van der Waals surface area contributed by atoms with E-state index in [1.54, 1.807) is 0 Å². The number of carbonyl (C=O) groups excluding carboxylic acids is 1.